The predicted octanol–water partition coefficient (Wildman–Crippen LogP) is 3.03. The van der Waals surface area contributed by atoms with Gasteiger partial charge < -0.3 is 20.4 Å². The summed E-state index contributed by atoms with van der Waals surface area (Å²) >= 11 is 0. The fourth-order valence-electron chi connectivity index (χ4n) is 3.11. The first kappa shape index (κ1) is 22.0. The maximum atomic E-state index is 12.2. The molecule has 0 unspecified atom stereocenters. The van der Waals surface area contributed by atoms with Crippen LogP contribution in [0.4, 0.5) is 11.4 Å². The minimum absolute atomic E-state index is 0. The topological polar surface area (TPSA) is 60.0 Å². The highest BCUT2D eigenvalue weighted by Crippen LogP contribution is 2.15. The Kier molecular flexibility index (Phi) is 9.06. The number of nitrogens with one attached hydrogen (secondary N) is 2. The zero-order valence-electron chi connectivity index (χ0n) is 16.2. The minimum Gasteiger partial charge on any atom is -0.368 e. The molecule has 0 aromatic heterocycles. The number of halogens is 1. The van der Waals surface area contributed by atoms with Crippen molar-refractivity contribution < 1.29 is 4.79 Å². The Morgan fingerprint density at radius 3 is 2.18 bits per heavy atom. The van der Waals surface area contributed by atoms with Crippen molar-refractivity contribution in [1.82, 2.24) is 10.2 Å². The number of rotatable bonds is 5. The van der Waals surface area contributed by atoms with Crippen LogP contribution in [0.5, 0.6) is 0 Å². The number of amides is 1. The number of carbonyl (C=O) groups is 1. The summed E-state index contributed by atoms with van der Waals surface area (Å²) < 4.78 is 0. The molecule has 2 aromatic carbocycles. The third-order valence-electron chi connectivity index (χ3n) is 4.47. The molecule has 0 aliphatic carbocycles. The summed E-state index contributed by atoms with van der Waals surface area (Å²) in [4.78, 5) is 21.3. The summed E-state index contributed by atoms with van der Waals surface area (Å²) in [6.07, 6.45) is 0. The first-order valence-electron chi connectivity index (χ1n) is 9.44. The summed E-state index contributed by atoms with van der Waals surface area (Å²) in [7, 11) is 0. The van der Waals surface area contributed by atoms with E-state index >= 15 is 0 Å². The minimum atomic E-state index is -0.112. The van der Waals surface area contributed by atoms with E-state index in [1.807, 2.05) is 43.3 Å². The maximum absolute atomic E-state index is 12.2. The molecule has 28 heavy (non-hydrogen) atoms. The van der Waals surface area contributed by atoms with Crippen LogP contribution in [0.3, 0.4) is 0 Å². The van der Waals surface area contributed by atoms with Crippen LogP contribution in [0.2, 0.25) is 0 Å². The third-order valence-corrected chi connectivity index (χ3v) is 4.47. The molecule has 3 rings (SSSR count). The molecule has 2 aromatic rings. The standard InChI is InChI=1S/C21H27N5O.HI/c1-2-22-21(23-17-20(27)24-18-9-5-3-6-10-18)26-15-13-25(14-16-26)19-11-7-4-8-12-19;/h3-12H,2,13-17H2,1H3,(H,22,23)(H,24,27);1H. The monoisotopic (exact) mass is 493 g/mol. The number of piperazine rings is 1. The smallest absolute Gasteiger partial charge is 0.246 e. The van der Waals surface area contributed by atoms with Gasteiger partial charge in [0, 0.05) is 44.1 Å². The SMILES string of the molecule is CCNC(=NCC(=O)Nc1ccccc1)N1CCN(c2ccccc2)CC1.I. The van der Waals surface area contributed by atoms with E-state index in [0.717, 1.165) is 44.4 Å². The van der Waals surface area contributed by atoms with Crippen molar-refractivity contribution in [2.24, 2.45) is 4.99 Å². The van der Waals surface area contributed by atoms with E-state index in [1.165, 1.54) is 5.69 Å². The Labute approximate surface area is 184 Å². The average Bonchev–Trinajstić information content (AvgIpc) is 2.73. The van der Waals surface area contributed by atoms with E-state index in [9.17, 15) is 4.79 Å². The van der Waals surface area contributed by atoms with Gasteiger partial charge >= 0.3 is 0 Å². The Hall–Kier alpha value is -2.29. The number of hydrogen-bond donors (Lipinski definition) is 2. The quantitative estimate of drug-likeness (QED) is 0.382. The van der Waals surface area contributed by atoms with Gasteiger partial charge in [-0.15, -0.1) is 24.0 Å². The maximum Gasteiger partial charge on any atom is 0.246 e. The Morgan fingerprint density at radius 1 is 0.964 bits per heavy atom. The van der Waals surface area contributed by atoms with Crippen LogP contribution >= 0.6 is 24.0 Å². The second-order valence-electron chi connectivity index (χ2n) is 6.39. The number of hydrogen-bond acceptors (Lipinski definition) is 3. The molecule has 0 bridgehead atoms. The molecule has 1 aliphatic heterocycles. The van der Waals surface area contributed by atoms with Gasteiger partial charge in [-0.25, -0.2) is 4.99 Å². The Morgan fingerprint density at radius 2 is 1.57 bits per heavy atom. The molecular weight excluding hydrogens is 465 g/mol. The number of benzene rings is 2. The largest absolute Gasteiger partial charge is 0.368 e. The van der Waals surface area contributed by atoms with Crippen molar-refractivity contribution in [3.05, 3.63) is 60.7 Å². The van der Waals surface area contributed by atoms with Gasteiger partial charge in [0.15, 0.2) is 5.96 Å². The molecule has 1 heterocycles. The fourth-order valence-corrected chi connectivity index (χ4v) is 3.11. The lowest BCUT2D eigenvalue weighted by molar-refractivity contribution is -0.114. The molecule has 1 aliphatic rings. The lowest BCUT2D eigenvalue weighted by Gasteiger charge is -2.37. The number of para-hydroxylation sites is 2. The third kappa shape index (κ3) is 6.40. The molecule has 6 nitrogen and oxygen atoms in total. The van der Waals surface area contributed by atoms with Crippen molar-refractivity contribution in [2.45, 2.75) is 6.92 Å². The number of aliphatic imine (C=N–C) groups is 1. The van der Waals surface area contributed by atoms with E-state index in [2.05, 4.69) is 49.7 Å². The van der Waals surface area contributed by atoms with Gasteiger partial charge in [-0.05, 0) is 31.2 Å². The second-order valence-corrected chi connectivity index (χ2v) is 6.39. The highest BCUT2D eigenvalue weighted by Gasteiger charge is 2.19. The molecular formula is C21H28IN5O. The summed E-state index contributed by atoms with van der Waals surface area (Å²) in [6, 6.07) is 19.9. The molecule has 1 fully saturated rings. The molecule has 0 atom stereocenters. The summed E-state index contributed by atoms with van der Waals surface area (Å²) in [6.45, 7) is 6.55. The van der Waals surface area contributed by atoms with Gasteiger partial charge in [0.1, 0.15) is 6.54 Å². The predicted molar refractivity (Wildman–Crippen MR) is 127 cm³/mol. The highest BCUT2D eigenvalue weighted by molar-refractivity contribution is 14.0. The van der Waals surface area contributed by atoms with Gasteiger partial charge in [-0.3, -0.25) is 4.79 Å². The van der Waals surface area contributed by atoms with Crippen LogP contribution in [0.25, 0.3) is 0 Å². The van der Waals surface area contributed by atoms with E-state index in [1.54, 1.807) is 0 Å². The van der Waals surface area contributed by atoms with E-state index in [0.29, 0.717) is 0 Å². The lowest BCUT2D eigenvalue weighted by atomic mass is 10.2. The van der Waals surface area contributed by atoms with Crippen LogP contribution in [0, 0.1) is 0 Å². The molecule has 0 spiro atoms. The highest BCUT2D eigenvalue weighted by atomic mass is 127. The Balaban J connectivity index is 0.00000280. The zero-order chi connectivity index (χ0) is 18.9. The van der Waals surface area contributed by atoms with Crippen molar-refractivity contribution in [3.8, 4) is 0 Å². The van der Waals surface area contributed by atoms with Crippen molar-refractivity contribution >= 4 is 47.2 Å². The first-order chi connectivity index (χ1) is 13.3. The van der Waals surface area contributed by atoms with Crippen LogP contribution in [0.1, 0.15) is 6.92 Å². The normalized spacial score (nSPS) is 14.2. The first-order valence-corrected chi connectivity index (χ1v) is 9.44. The molecule has 7 heteroatoms. The van der Waals surface area contributed by atoms with Crippen molar-refractivity contribution in [1.29, 1.82) is 0 Å². The van der Waals surface area contributed by atoms with E-state index in [4.69, 9.17) is 0 Å². The second kappa shape index (κ2) is 11.5. The van der Waals surface area contributed by atoms with Crippen LogP contribution in [0.15, 0.2) is 65.7 Å². The summed E-state index contributed by atoms with van der Waals surface area (Å²) in [5, 5.41) is 6.17. The molecule has 1 saturated heterocycles. The lowest BCUT2D eigenvalue weighted by Crippen LogP contribution is -2.52. The van der Waals surface area contributed by atoms with Gasteiger partial charge in [-0.1, -0.05) is 36.4 Å². The number of carbonyl (C=O) groups excluding carboxylic acids is 1. The van der Waals surface area contributed by atoms with E-state index < -0.39 is 0 Å². The van der Waals surface area contributed by atoms with Gasteiger partial charge in [0.05, 0.1) is 0 Å². The van der Waals surface area contributed by atoms with Crippen molar-refractivity contribution in [2.75, 3.05) is 49.5 Å². The van der Waals surface area contributed by atoms with Gasteiger partial charge in [0.2, 0.25) is 5.91 Å². The molecule has 1 amide bonds. The van der Waals surface area contributed by atoms with Crippen LogP contribution in [-0.4, -0.2) is 56.0 Å². The molecule has 150 valence electrons. The van der Waals surface area contributed by atoms with Crippen LogP contribution < -0.4 is 15.5 Å². The van der Waals surface area contributed by atoms with Crippen LogP contribution in [-0.2, 0) is 4.79 Å². The molecule has 0 radical (unpaired) electrons. The van der Waals surface area contributed by atoms with Gasteiger partial charge in [-0.2, -0.15) is 0 Å². The van der Waals surface area contributed by atoms with E-state index in [-0.39, 0.29) is 36.4 Å². The Bertz CT molecular complexity index is 746. The van der Waals surface area contributed by atoms with Gasteiger partial charge in [0.25, 0.3) is 0 Å². The molecule has 2 N–H and O–H groups in total. The summed E-state index contributed by atoms with van der Waals surface area (Å²) in [5.74, 6) is 0.688. The number of nitrogens with zero attached hydrogens (tertiary/aromatic N) is 3. The number of guanidine groups is 1. The number of anilines is 2. The van der Waals surface area contributed by atoms with Crippen molar-refractivity contribution in [3.63, 3.8) is 0 Å². The zero-order valence-corrected chi connectivity index (χ0v) is 18.5. The molecule has 0 saturated carbocycles. The fraction of sp³-hybridized carbons (Fsp3) is 0.333. The summed E-state index contributed by atoms with van der Waals surface area (Å²) in [5.41, 5.74) is 2.04. The average molecular weight is 493 g/mol.